The van der Waals surface area contributed by atoms with Crippen LogP contribution in [0.25, 0.3) is 0 Å². The van der Waals surface area contributed by atoms with Crippen LogP contribution in [-0.2, 0) is 9.53 Å². The smallest absolute Gasteiger partial charge is 0.189 e. The van der Waals surface area contributed by atoms with Gasteiger partial charge in [0.1, 0.15) is 18.8 Å². The van der Waals surface area contributed by atoms with Crippen LogP contribution in [0.2, 0.25) is 0 Å². The van der Waals surface area contributed by atoms with Crippen LogP contribution >= 0.6 is 0 Å². The van der Waals surface area contributed by atoms with Gasteiger partial charge in [-0.15, -0.1) is 0 Å². The van der Waals surface area contributed by atoms with Crippen molar-refractivity contribution in [3.63, 3.8) is 0 Å². The van der Waals surface area contributed by atoms with Crippen molar-refractivity contribution in [1.29, 1.82) is 0 Å². The van der Waals surface area contributed by atoms with Gasteiger partial charge in [-0.1, -0.05) is 0 Å². The van der Waals surface area contributed by atoms with Crippen molar-refractivity contribution < 1.29 is 24.9 Å². The average Bonchev–Trinajstić information content (AvgIpc) is 2.02. The first kappa shape index (κ1) is 10.5. The van der Waals surface area contributed by atoms with Crippen LogP contribution in [0, 0.1) is 0 Å². The lowest BCUT2D eigenvalue weighted by Gasteiger charge is -2.12. The minimum Gasteiger partial charge on any atom is -0.394 e. The second-order valence-corrected chi connectivity index (χ2v) is 2.09. The van der Waals surface area contributed by atoms with Gasteiger partial charge in [0.15, 0.2) is 5.78 Å². The van der Waals surface area contributed by atoms with Crippen LogP contribution in [0.4, 0.5) is 0 Å². The van der Waals surface area contributed by atoms with Gasteiger partial charge in [-0.25, -0.2) is 0 Å². The van der Waals surface area contributed by atoms with Crippen LogP contribution in [-0.4, -0.2) is 53.6 Å². The molecule has 0 radical (unpaired) electrons. The molecule has 0 aliphatic heterocycles. The quantitative estimate of drug-likeness (QED) is 0.434. The number of carbonyl (C=O) groups is 1. The maximum atomic E-state index is 10.7. The summed E-state index contributed by atoms with van der Waals surface area (Å²) in [5.41, 5.74) is 0. The fourth-order valence-electron chi connectivity index (χ4n) is 0.542. The van der Waals surface area contributed by atoms with Gasteiger partial charge in [0.25, 0.3) is 0 Å². The Morgan fingerprint density at radius 3 is 2.45 bits per heavy atom. The van der Waals surface area contributed by atoms with E-state index < -0.39 is 24.6 Å². The van der Waals surface area contributed by atoms with Crippen LogP contribution in [0.3, 0.4) is 0 Å². The summed E-state index contributed by atoms with van der Waals surface area (Å²) in [6.45, 7) is -0.908. The van der Waals surface area contributed by atoms with E-state index in [0.717, 1.165) is 0 Å². The Kier molecular flexibility index (Phi) is 4.97. The number of aliphatic hydroxyl groups excluding tert-OH is 3. The van der Waals surface area contributed by atoms with Gasteiger partial charge < -0.3 is 20.1 Å². The third-order valence-corrected chi connectivity index (χ3v) is 1.17. The molecular formula is C6H12O5. The summed E-state index contributed by atoms with van der Waals surface area (Å²) in [6, 6.07) is 0. The lowest BCUT2D eigenvalue weighted by atomic mass is 10.1. The monoisotopic (exact) mass is 164 g/mol. The molecule has 0 saturated carbocycles. The van der Waals surface area contributed by atoms with Gasteiger partial charge in [-0.2, -0.15) is 0 Å². The van der Waals surface area contributed by atoms with Crippen LogP contribution in [0.5, 0.6) is 0 Å². The van der Waals surface area contributed by atoms with E-state index in [1.807, 2.05) is 0 Å². The number of ether oxygens (including phenoxy) is 1. The molecule has 0 rings (SSSR count). The highest BCUT2D eigenvalue weighted by Gasteiger charge is 2.22. The first-order chi connectivity index (χ1) is 5.13. The molecule has 0 aliphatic carbocycles. The molecule has 0 aromatic carbocycles. The number of methoxy groups -OCH3 is 1. The molecule has 0 saturated heterocycles. The van der Waals surface area contributed by atoms with E-state index in [-0.39, 0.29) is 6.61 Å². The molecule has 0 bridgehead atoms. The van der Waals surface area contributed by atoms with E-state index in [0.29, 0.717) is 0 Å². The standard InChI is InChI=1S/C6H12O5/c1-11-3-5(9)6(10)4(8)2-7/h4,6-8,10H,2-3H2,1H3/t4-,6+/m1/s1. The zero-order valence-electron chi connectivity index (χ0n) is 6.23. The zero-order chi connectivity index (χ0) is 8.85. The van der Waals surface area contributed by atoms with E-state index in [9.17, 15) is 4.79 Å². The van der Waals surface area contributed by atoms with Gasteiger partial charge in [0, 0.05) is 7.11 Å². The van der Waals surface area contributed by atoms with Crippen LogP contribution in [0.1, 0.15) is 0 Å². The fourth-order valence-corrected chi connectivity index (χ4v) is 0.542. The van der Waals surface area contributed by atoms with Crippen molar-refractivity contribution in [3.05, 3.63) is 0 Å². The fraction of sp³-hybridized carbons (Fsp3) is 0.833. The molecule has 2 atom stereocenters. The summed E-state index contributed by atoms with van der Waals surface area (Å²) in [5.74, 6) is -0.644. The van der Waals surface area contributed by atoms with E-state index in [4.69, 9.17) is 15.3 Å². The summed E-state index contributed by atoms with van der Waals surface area (Å²) in [6.07, 6.45) is -2.97. The zero-order valence-corrected chi connectivity index (χ0v) is 6.23. The maximum Gasteiger partial charge on any atom is 0.189 e. The molecular weight excluding hydrogens is 152 g/mol. The Labute approximate surface area is 64.2 Å². The third kappa shape index (κ3) is 3.43. The predicted molar refractivity (Wildman–Crippen MR) is 36.0 cm³/mol. The normalized spacial score (nSPS) is 16.0. The number of aliphatic hydroxyl groups is 3. The number of ketones is 1. The number of hydrogen-bond acceptors (Lipinski definition) is 5. The van der Waals surface area contributed by atoms with E-state index >= 15 is 0 Å². The van der Waals surface area contributed by atoms with E-state index in [1.165, 1.54) is 7.11 Å². The maximum absolute atomic E-state index is 10.7. The highest BCUT2D eigenvalue weighted by Crippen LogP contribution is 1.94. The molecule has 11 heavy (non-hydrogen) atoms. The third-order valence-electron chi connectivity index (χ3n) is 1.17. The van der Waals surface area contributed by atoms with Gasteiger partial charge in [-0.05, 0) is 0 Å². The Hall–Kier alpha value is -0.490. The van der Waals surface area contributed by atoms with Crippen LogP contribution < -0.4 is 0 Å². The average molecular weight is 164 g/mol. The largest absolute Gasteiger partial charge is 0.394 e. The predicted octanol–water partition coefficient (Wildman–Crippen LogP) is -2.08. The molecule has 0 spiro atoms. The highest BCUT2D eigenvalue weighted by atomic mass is 16.5. The van der Waals surface area contributed by atoms with Crippen molar-refractivity contribution in [2.24, 2.45) is 0 Å². The van der Waals surface area contributed by atoms with Gasteiger partial charge in [-0.3, -0.25) is 4.79 Å². The van der Waals surface area contributed by atoms with Gasteiger partial charge in [0.05, 0.1) is 6.61 Å². The topological polar surface area (TPSA) is 87.0 Å². The summed E-state index contributed by atoms with van der Waals surface area (Å²) < 4.78 is 4.42. The number of hydrogen-bond donors (Lipinski definition) is 3. The Morgan fingerprint density at radius 1 is 1.55 bits per heavy atom. The molecule has 0 fully saturated rings. The molecule has 0 heterocycles. The summed E-state index contributed by atoms with van der Waals surface area (Å²) in [5, 5.41) is 25.9. The molecule has 0 unspecified atom stereocenters. The van der Waals surface area contributed by atoms with Crippen molar-refractivity contribution in [2.75, 3.05) is 20.3 Å². The minimum atomic E-state index is -1.56. The van der Waals surface area contributed by atoms with Crippen molar-refractivity contribution >= 4 is 5.78 Å². The van der Waals surface area contributed by atoms with E-state index in [1.54, 1.807) is 0 Å². The first-order valence-corrected chi connectivity index (χ1v) is 3.12. The van der Waals surface area contributed by atoms with Gasteiger partial charge in [0.2, 0.25) is 0 Å². The SMILES string of the molecule is COCC(=O)[C@@H](O)[C@H](O)CO. The molecule has 5 nitrogen and oxygen atoms in total. The van der Waals surface area contributed by atoms with Crippen molar-refractivity contribution in [2.45, 2.75) is 12.2 Å². The summed E-state index contributed by atoms with van der Waals surface area (Å²) >= 11 is 0. The first-order valence-electron chi connectivity index (χ1n) is 3.12. The number of carbonyl (C=O) groups excluding carboxylic acids is 1. The Morgan fingerprint density at radius 2 is 2.09 bits per heavy atom. The Bertz CT molecular complexity index is 124. The summed E-state index contributed by atoms with van der Waals surface area (Å²) in [4.78, 5) is 10.7. The molecule has 0 aromatic rings. The second kappa shape index (κ2) is 5.20. The molecule has 0 aliphatic rings. The number of rotatable bonds is 5. The molecule has 0 amide bonds. The van der Waals surface area contributed by atoms with Gasteiger partial charge >= 0.3 is 0 Å². The lowest BCUT2D eigenvalue weighted by molar-refractivity contribution is -0.138. The van der Waals surface area contributed by atoms with E-state index in [2.05, 4.69) is 4.74 Å². The Balaban J connectivity index is 3.80. The van der Waals surface area contributed by atoms with Crippen LogP contribution in [0.15, 0.2) is 0 Å². The van der Waals surface area contributed by atoms with Crippen molar-refractivity contribution in [1.82, 2.24) is 0 Å². The van der Waals surface area contributed by atoms with Crippen molar-refractivity contribution in [3.8, 4) is 0 Å². The molecule has 66 valence electrons. The summed E-state index contributed by atoms with van der Waals surface area (Å²) in [7, 11) is 1.30. The lowest BCUT2D eigenvalue weighted by Crippen LogP contribution is -2.38. The number of Topliss-reactive ketones (excluding diaryl/α,β-unsaturated/α-hetero) is 1. The second-order valence-electron chi connectivity index (χ2n) is 2.09. The minimum absolute atomic E-state index is 0.266. The molecule has 5 heteroatoms. The molecule has 3 N–H and O–H groups in total. The molecule has 0 aromatic heterocycles. The highest BCUT2D eigenvalue weighted by molar-refractivity contribution is 5.84.